The Labute approximate surface area is 151 Å². The van der Waals surface area contributed by atoms with Crippen LogP contribution in [-0.2, 0) is 11.3 Å². The second-order valence-electron chi connectivity index (χ2n) is 5.72. The summed E-state index contributed by atoms with van der Waals surface area (Å²) in [6.07, 6.45) is 0.0640. The normalized spacial score (nSPS) is 10.8. The molecule has 0 aliphatic carbocycles. The van der Waals surface area contributed by atoms with Gasteiger partial charge in [-0.2, -0.15) is 0 Å². The van der Waals surface area contributed by atoms with Crippen molar-refractivity contribution >= 4 is 38.3 Å². The molecule has 1 amide bonds. The zero-order valence-corrected chi connectivity index (χ0v) is 15.1. The Balaban J connectivity index is 1.76. The number of fused-ring (bicyclic) bond motifs is 1. The average Bonchev–Trinajstić information content (AvgIpc) is 2.59. The maximum absolute atomic E-state index is 12.4. The lowest BCUT2D eigenvalue weighted by molar-refractivity contribution is -0.116. The molecule has 0 aliphatic heterocycles. The van der Waals surface area contributed by atoms with Crippen LogP contribution < -0.4 is 16.4 Å². The molecule has 2 N–H and O–H groups in total. The van der Waals surface area contributed by atoms with Crippen molar-refractivity contribution in [1.29, 1.82) is 0 Å². The summed E-state index contributed by atoms with van der Waals surface area (Å²) >= 11 is 3.40. The van der Waals surface area contributed by atoms with Gasteiger partial charge in [0.1, 0.15) is 0 Å². The second kappa shape index (κ2) is 7.06. The van der Waals surface area contributed by atoms with Crippen molar-refractivity contribution in [3.8, 4) is 0 Å². The van der Waals surface area contributed by atoms with Gasteiger partial charge in [-0.25, -0.2) is 4.68 Å². The molecule has 0 radical (unpaired) electrons. The van der Waals surface area contributed by atoms with Gasteiger partial charge in [-0.1, -0.05) is 18.2 Å². The number of carbonyl (C=O) groups excluding carboxylic acids is 1. The van der Waals surface area contributed by atoms with Gasteiger partial charge in [0, 0.05) is 10.9 Å². The quantitative estimate of drug-likeness (QED) is 0.704. The predicted octanol–water partition coefficient (Wildman–Crippen LogP) is 2.79. The fourth-order valence-electron chi connectivity index (χ4n) is 2.55. The highest BCUT2D eigenvalue weighted by Gasteiger charge is 2.10. The van der Waals surface area contributed by atoms with Gasteiger partial charge in [-0.05, 0) is 52.7 Å². The molecular formula is C18H16BrN3O3. The molecule has 3 aromatic rings. The lowest BCUT2D eigenvalue weighted by Crippen LogP contribution is -2.31. The van der Waals surface area contributed by atoms with Gasteiger partial charge < -0.3 is 5.32 Å². The zero-order valence-electron chi connectivity index (χ0n) is 13.5. The molecule has 0 saturated carbocycles. The molecule has 0 bridgehead atoms. The van der Waals surface area contributed by atoms with Crippen LogP contribution in [0.2, 0.25) is 0 Å². The van der Waals surface area contributed by atoms with Crippen LogP contribution in [0.4, 0.5) is 5.69 Å². The number of hydrogen-bond acceptors (Lipinski definition) is 3. The Morgan fingerprint density at radius 3 is 2.60 bits per heavy atom. The van der Waals surface area contributed by atoms with Gasteiger partial charge in [-0.3, -0.25) is 19.5 Å². The number of H-pyrrole nitrogens is 1. The summed E-state index contributed by atoms with van der Waals surface area (Å²) < 4.78 is 1.96. The van der Waals surface area contributed by atoms with Crippen molar-refractivity contribution in [3.63, 3.8) is 0 Å². The van der Waals surface area contributed by atoms with Gasteiger partial charge in [0.2, 0.25) is 5.91 Å². The van der Waals surface area contributed by atoms with Crippen LogP contribution in [-0.4, -0.2) is 15.7 Å². The van der Waals surface area contributed by atoms with Crippen LogP contribution in [0, 0.1) is 6.92 Å². The van der Waals surface area contributed by atoms with E-state index >= 15 is 0 Å². The molecule has 3 rings (SSSR count). The maximum Gasteiger partial charge on any atom is 0.273 e. The van der Waals surface area contributed by atoms with E-state index in [2.05, 4.69) is 26.3 Å². The number of aromatic nitrogens is 2. The molecule has 2 aromatic carbocycles. The topological polar surface area (TPSA) is 84.0 Å². The summed E-state index contributed by atoms with van der Waals surface area (Å²) in [6, 6.07) is 12.2. The van der Waals surface area contributed by atoms with Crippen molar-refractivity contribution < 1.29 is 4.79 Å². The summed E-state index contributed by atoms with van der Waals surface area (Å²) in [5, 5.41) is 5.99. The lowest BCUT2D eigenvalue weighted by atomic mass is 10.2. The van der Waals surface area contributed by atoms with Crippen LogP contribution in [0.15, 0.2) is 56.5 Å². The number of amides is 1. The molecule has 0 saturated heterocycles. The predicted molar refractivity (Wildman–Crippen MR) is 101 cm³/mol. The minimum absolute atomic E-state index is 0.0640. The number of aromatic amines is 1. The van der Waals surface area contributed by atoms with E-state index in [0.29, 0.717) is 16.5 Å². The van der Waals surface area contributed by atoms with Crippen molar-refractivity contribution in [2.45, 2.75) is 19.9 Å². The number of anilines is 1. The SMILES string of the molecule is Cc1ccc(NC(=O)CCn2[nH]c(=O)c3ccccc3c2=O)c(Br)c1. The third-order valence-corrected chi connectivity index (χ3v) is 4.50. The van der Waals surface area contributed by atoms with Crippen molar-refractivity contribution in [2.75, 3.05) is 5.32 Å². The average molecular weight is 402 g/mol. The summed E-state index contributed by atoms with van der Waals surface area (Å²) in [5.74, 6) is -0.245. The zero-order chi connectivity index (χ0) is 18.0. The highest BCUT2D eigenvalue weighted by molar-refractivity contribution is 9.10. The van der Waals surface area contributed by atoms with E-state index in [9.17, 15) is 14.4 Å². The Morgan fingerprint density at radius 1 is 1.16 bits per heavy atom. The van der Waals surface area contributed by atoms with Crippen molar-refractivity contribution in [2.24, 2.45) is 0 Å². The molecule has 0 spiro atoms. The van der Waals surface area contributed by atoms with Crippen molar-refractivity contribution in [1.82, 2.24) is 9.78 Å². The van der Waals surface area contributed by atoms with Gasteiger partial charge in [0.15, 0.2) is 0 Å². The number of nitrogens with one attached hydrogen (secondary N) is 2. The van der Waals surface area contributed by atoms with Crippen LogP contribution in [0.1, 0.15) is 12.0 Å². The first-order valence-electron chi connectivity index (χ1n) is 7.73. The summed E-state index contributed by atoms with van der Waals surface area (Å²) in [5.41, 5.74) is 1.07. The summed E-state index contributed by atoms with van der Waals surface area (Å²) in [6.45, 7) is 2.05. The number of rotatable bonds is 4. The van der Waals surface area contributed by atoms with Crippen LogP contribution in [0.25, 0.3) is 10.8 Å². The third kappa shape index (κ3) is 3.71. The smallest absolute Gasteiger partial charge is 0.273 e. The molecule has 0 fully saturated rings. The summed E-state index contributed by atoms with van der Waals surface area (Å²) in [4.78, 5) is 36.6. The first-order chi connectivity index (χ1) is 12.0. The number of benzene rings is 2. The van der Waals surface area contributed by atoms with E-state index in [1.165, 1.54) is 4.68 Å². The molecule has 7 heteroatoms. The molecule has 0 unspecified atom stereocenters. The second-order valence-corrected chi connectivity index (χ2v) is 6.58. The van der Waals surface area contributed by atoms with E-state index in [1.807, 2.05) is 19.1 Å². The van der Waals surface area contributed by atoms with Crippen LogP contribution in [0.3, 0.4) is 0 Å². The van der Waals surface area contributed by atoms with E-state index in [-0.39, 0.29) is 30.0 Å². The van der Waals surface area contributed by atoms with Crippen LogP contribution in [0.5, 0.6) is 0 Å². The molecule has 25 heavy (non-hydrogen) atoms. The van der Waals surface area contributed by atoms with E-state index in [1.54, 1.807) is 30.3 Å². The number of nitrogens with zero attached hydrogens (tertiary/aromatic N) is 1. The maximum atomic E-state index is 12.4. The number of halogens is 1. The van der Waals surface area contributed by atoms with E-state index < -0.39 is 0 Å². The summed E-state index contributed by atoms with van der Waals surface area (Å²) in [7, 11) is 0. The Kier molecular flexibility index (Phi) is 4.85. The van der Waals surface area contributed by atoms with E-state index in [4.69, 9.17) is 0 Å². The third-order valence-electron chi connectivity index (χ3n) is 3.84. The minimum atomic E-state index is -0.350. The highest BCUT2D eigenvalue weighted by atomic mass is 79.9. The number of carbonyl (C=O) groups is 1. The molecular weight excluding hydrogens is 386 g/mol. The van der Waals surface area contributed by atoms with Gasteiger partial charge >= 0.3 is 0 Å². The number of aryl methyl sites for hydroxylation is 2. The largest absolute Gasteiger partial charge is 0.325 e. The molecule has 6 nitrogen and oxygen atoms in total. The van der Waals surface area contributed by atoms with Gasteiger partial charge in [0.05, 0.1) is 23.0 Å². The van der Waals surface area contributed by atoms with Crippen LogP contribution >= 0.6 is 15.9 Å². The Hall–Kier alpha value is -2.67. The fraction of sp³-hybridized carbons (Fsp3) is 0.167. The number of hydrogen-bond donors (Lipinski definition) is 2. The molecule has 0 aliphatic rings. The molecule has 1 heterocycles. The Morgan fingerprint density at radius 2 is 1.88 bits per heavy atom. The monoisotopic (exact) mass is 401 g/mol. The first kappa shape index (κ1) is 17.2. The molecule has 0 atom stereocenters. The fourth-order valence-corrected chi connectivity index (χ4v) is 3.14. The highest BCUT2D eigenvalue weighted by Crippen LogP contribution is 2.23. The van der Waals surface area contributed by atoms with Gasteiger partial charge in [-0.15, -0.1) is 0 Å². The first-order valence-corrected chi connectivity index (χ1v) is 8.53. The lowest BCUT2D eigenvalue weighted by Gasteiger charge is -2.09. The van der Waals surface area contributed by atoms with Crippen molar-refractivity contribution in [3.05, 3.63) is 73.2 Å². The molecule has 1 aromatic heterocycles. The van der Waals surface area contributed by atoms with E-state index in [0.717, 1.165) is 10.0 Å². The van der Waals surface area contributed by atoms with Gasteiger partial charge in [0.25, 0.3) is 11.1 Å². The Bertz CT molecular complexity index is 1070. The minimum Gasteiger partial charge on any atom is -0.325 e. The standard InChI is InChI=1S/C18H16BrN3O3/c1-11-6-7-15(14(19)10-11)20-16(23)8-9-22-18(25)13-5-3-2-4-12(13)17(24)21-22/h2-7,10H,8-9H2,1H3,(H,20,23)(H,21,24). The molecule has 128 valence electrons.